The van der Waals surface area contributed by atoms with Gasteiger partial charge in [0, 0.05) is 29.5 Å². The van der Waals surface area contributed by atoms with Crippen LogP contribution in [-0.4, -0.2) is 71.0 Å². The van der Waals surface area contributed by atoms with Crippen LogP contribution >= 0.6 is 12.2 Å². The number of likely N-dealkylation sites (tertiary alicyclic amines) is 1. The van der Waals surface area contributed by atoms with Gasteiger partial charge in [0.15, 0.2) is 5.11 Å². The maximum atomic E-state index is 13.8. The van der Waals surface area contributed by atoms with Gasteiger partial charge in [0.05, 0.1) is 36.0 Å². The number of carbonyl (C=O) groups excluding carboxylic acids is 4. The monoisotopic (exact) mass is 817 g/mol. The van der Waals surface area contributed by atoms with E-state index in [-0.39, 0.29) is 47.5 Å². The summed E-state index contributed by atoms with van der Waals surface area (Å²) in [4.78, 5) is 55.2. The van der Waals surface area contributed by atoms with Gasteiger partial charge in [0.1, 0.15) is 17.3 Å². The molecule has 0 aromatic heterocycles. The van der Waals surface area contributed by atoms with E-state index in [4.69, 9.17) is 17.0 Å². The summed E-state index contributed by atoms with van der Waals surface area (Å²) in [5.74, 6) is -0.193. The van der Waals surface area contributed by atoms with Crippen LogP contribution in [0.4, 0.5) is 35.9 Å². The van der Waals surface area contributed by atoms with Gasteiger partial charge in [-0.3, -0.25) is 34.3 Å². The fourth-order valence-electron chi connectivity index (χ4n) is 7.84. The van der Waals surface area contributed by atoms with Crippen LogP contribution in [-0.2, 0) is 31.8 Å². The van der Waals surface area contributed by atoms with Crippen LogP contribution < -0.4 is 30.5 Å². The maximum absolute atomic E-state index is 13.8. The van der Waals surface area contributed by atoms with Gasteiger partial charge in [-0.25, -0.2) is 0 Å². The minimum absolute atomic E-state index is 0.0232. The lowest BCUT2D eigenvalue weighted by molar-refractivity contribution is -0.138. The van der Waals surface area contributed by atoms with Gasteiger partial charge in [-0.05, 0) is 138 Å². The number of piperidine rings is 2. The average molecular weight is 818 g/mol. The third-order valence-corrected chi connectivity index (χ3v) is 11.4. The highest BCUT2D eigenvalue weighted by molar-refractivity contribution is 7.81. The van der Waals surface area contributed by atoms with Crippen molar-refractivity contribution in [2.45, 2.75) is 90.0 Å². The molecule has 16 heteroatoms. The minimum atomic E-state index is -4.79. The van der Waals surface area contributed by atoms with E-state index in [1.165, 1.54) is 6.07 Å². The van der Waals surface area contributed by atoms with Crippen molar-refractivity contribution in [3.05, 3.63) is 77.4 Å². The molecule has 3 aromatic carbocycles. The Balaban J connectivity index is 1.01. The number of nitrogens with one attached hydrogen (secondary N) is 3. The van der Waals surface area contributed by atoms with E-state index in [2.05, 4.69) is 27.8 Å². The van der Waals surface area contributed by atoms with Crippen molar-refractivity contribution in [2.24, 2.45) is 5.92 Å². The molecule has 0 spiro atoms. The zero-order chi connectivity index (χ0) is 41.9. The van der Waals surface area contributed by atoms with E-state index >= 15 is 0 Å². The second-order valence-corrected chi connectivity index (χ2v) is 15.8. The second-order valence-electron chi connectivity index (χ2n) is 15.4. The van der Waals surface area contributed by atoms with E-state index < -0.39 is 34.8 Å². The molecule has 58 heavy (non-hydrogen) atoms. The number of amides is 4. The number of halogens is 3. The van der Waals surface area contributed by atoms with E-state index in [0.29, 0.717) is 48.2 Å². The second kappa shape index (κ2) is 17.1. The Morgan fingerprint density at radius 3 is 2.48 bits per heavy atom. The predicted octanol–water partition coefficient (Wildman–Crippen LogP) is 6.78. The van der Waals surface area contributed by atoms with Crippen molar-refractivity contribution in [1.82, 2.24) is 10.2 Å². The molecule has 3 heterocycles. The largest absolute Gasteiger partial charge is 0.493 e. The van der Waals surface area contributed by atoms with Crippen LogP contribution in [0.15, 0.2) is 60.7 Å². The van der Waals surface area contributed by atoms with Gasteiger partial charge in [-0.15, -0.1) is 0 Å². The Morgan fingerprint density at radius 2 is 1.79 bits per heavy atom. The molecule has 3 atom stereocenters. The molecule has 4 amide bonds. The van der Waals surface area contributed by atoms with Crippen molar-refractivity contribution in [2.75, 3.05) is 40.1 Å². The highest BCUT2D eigenvalue weighted by atomic mass is 32.1. The number of alkyl halides is 3. The molecule has 3 aliphatic rings. The number of hydrogen-bond donors (Lipinski definition) is 3. The predicted molar refractivity (Wildman–Crippen MR) is 217 cm³/mol. The van der Waals surface area contributed by atoms with E-state index in [1.54, 1.807) is 55.1 Å². The number of imide groups is 1. The SMILES string of the molecule is CCc1cc(N2C(=S)N(c3ccc(C#N)c(C(F)(F)F)c3)C(=O)C2(C)C)ccc1OCC[C@@H]1CCN(CC(=O)Nc2cccc(NC3CCC(=O)NC3=O)c2)[C@H](C)C1. The van der Waals surface area contributed by atoms with Crippen molar-refractivity contribution in [1.29, 1.82) is 5.26 Å². The minimum Gasteiger partial charge on any atom is -0.493 e. The molecule has 0 radical (unpaired) electrons. The third kappa shape index (κ3) is 9.11. The highest BCUT2D eigenvalue weighted by Gasteiger charge is 2.51. The van der Waals surface area contributed by atoms with Crippen LogP contribution in [0.1, 0.15) is 76.5 Å². The smallest absolute Gasteiger partial charge is 0.417 e. The number of thiocarbonyl (C=S) groups is 1. The summed E-state index contributed by atoms with van der Waals surface area (Å²) in [7, 11) is 0. The normalized spacial score (nSPS) is 21.1. The molecule has 3 fully saturated rings. The molecular formula is C42H46F3N7O5S. The Bertz CT molecular complexity index is 2160. The van der Waals surface area contributed by atoms with E-state index in [9.17, 15) is 37.6 Å². The quantitative estimate of drug-likeness (QED) is 0.132. The van der Waals surface area contributed by atoms with Gasteiger partial charge in [-0.2, -0.15) is 18.4 Å². The Hall–Kier alpha value is -5.53. The molecule has 306 valence electrons. The fourth-order valence-corrected chi connectivity index (χ4v) is 8.36. The zero-order valence-electron chi connectivity index (χ0n) is 32.7. The van der Waals surface area contributed by atoms with Gasteiger partial charge < -0.3 is 20.3 Å². The summed E-state index contributed by atoms with van der Waals surface area (Å²) in [6.45, 7) is 8.90. The number of carbonyl (C=O) groups is 4. The van der Waals surface area contributed by atoms with Crippen molar-refractivity contribution in [3.8, 4) is 11.8 Å². The van der Waals surface area contributed by atoms with E-state index in [0.717, 1.165) is 48.4 Å². The molecule has 0 aliphatic carbocycles. The van der Waals surface area contributed by atoms with Crippen molar-refractivity contribution >= 4 is 63.7 Å². The fraction of sp³-hybridized carbons (Fsp3) is 0.429. The lowest BCUT2D eigenvalue weighted by atomic mass is 9.89. The molecule has 3 N–H and O–H groups in total. The number of benzene rings is 3. The Morgan fingerprint density at radius 1 is 1.05 bits per heavy atom. The van der Waals surface area contributed by atoms with Crippen LogP contribution in [0.3, 0.4) is 0 Å². The van der Waals surface area contributed by atoms with Crippen LogP contribution in [0, 0.1) is 17.2 Å². The van der Waals surface area contributed by atoms with Gasteiger partial charge in [-0.1, -0.05) is 13.0 Å². The van der Waals surface area contributed by atoms with Gasteiger partial charge in [0.2, 0.25) is 17.7 Å². The first-order valence-corrected chi connectivity index (χ1v) is 19.7. The summed E-state index contributed by atoms with van der Waals surface area (Å²) in [6, 6.07) is 17.0. The maximum Gasteiger partial charge on any atom is 0.417 e. The number of rotatable bonds is 12. The standard InChI is InChI=1S/C42H46F3N7O5S/c1-5-27-20-32(52-40(58)51(39(56)41(52,3)4)31-10-9-28(23-46)33(22-31)42(43,44)45)11-13-35(27)57-18-16-26-15-17-50(25(2)19-26)24-37(54)48-30-8-6-7-29(21-30)47-34-12-14-36(53)49-38(34)55/h6-11,13,20-22,25-26,34,47H,5,12,14-19,24H2,1-4H3,(H,48,54)(H,49,53,55)/t25-,26+,34?/m1/s1. The first-order valence-electron chi connectivity index (χ1n) is 19.3. The topological polar surface area (TPSA) is 147 Å². The molecule has 3 aliphatic heterocycles. The molecule has 0 bridgehead atoms. The zero-order valence-corrected chi connectivity index (χ0v) is 33.6. The molecule has 3 aromatic rings. The molecule has 12 nitrogen and oxygen atoms in total. The Kier molecular flexibility index (Phi) is 12.4. The first-order chi connectivity index (χ1) is 27.5. The average Bonchev–Trinajstić information content (AvgIpc) is 3.35. The number of hydrogen-bond acceptors (Lipinski definition) is 9. The summed E-state index contributed by atoms with van der Waals surface area (Å²) in [5.41, 5.74) is -0.216. The van der Waals surface area contributed by atoms with Gasteiger partial charge in [0.25, 0.3) is 5.91 Å². The summed E-state index contributed by atoms with van der Waals surface area (Å²) >= 11 is 5.72. The van der Waals surface area contributed by atoms with Crippen LogP contribution in [0.25, 0.3) is 0 Å². The summed E-state index contributed by atoms with van der Waals surface area (Å²) in [5, 5.41) is 17.7. The van der Waals surface area contributed by atoms with Crippen molar-refractivity contribution in [3.63, 3.8) is 0 Å². The van der Waals surface area contributed by atoms with Crippen LogP contribution in [0.5, 0.6) is 5.75 Å². The molecule has 0 saturated carbocycles. The summed E-state index contributed by atoms with van der Waals surface area (Å²) in [6.07, 6.45) is -0.887. The molecule has 1 unspecified atom stereocenters. The number of nitrogens with zero attached hydrogens (tertiary/aromatic N) is 4. The first kappa shape index (κ1) is 42.1. The third-order valence-electron chi connectivity index (χ3n) is 11.0. The summed E-state index contributed by atoms with van der Waals surface area (Å²) < 4.78 is 47.6. The number of aryl methyl sites for hydroxylation is 1. The number of nitriles is 1. The highest BCUT2D eigenvalue weighted by Crippen LogP contribution is 2.41. The molecule has 3 saturated heterocycles. The lowest BCUT2D eigenvalue weighted by Crippen LogP contribution is -2.47. The van der Waals surface area contributed by atoms with Gasteiger partial charge >= 0.3 is 6.18 Å². The number of anilines is 4. The lowest BCUT2D eigenvalue weighted by Gasteiger charge is -2.37. The van der Waals surface area contributed by atoms with E-state index in [1.807, 2.05) is 19.1 Å². The number of ether oxygens (including phenoxy) is 1. The molecule has 6 rings (SSSR count). The Labute approximate surface area is 340 Å². The van der Waals surface area contributed by atoms with Crippen molar-refractivity contribution < 1.29 is 37.1 Å². The van der Waals surface area contributed by atoms with Crippen LogP contribution in [0.2, 0.25) is 0 Å². The molecular weight excluding hydrogens is 772 g/mol.